The zero-order valence-corrected chi connectivity index (χ0v) is 17.0. The Balaban J connectivity index is 1.83. The SMILES string of the molecule is COc1cc(Br)c(S(=O)(=O)N2CCN(c3nccs3)CC2)cc1OC. The first-order valence-electron chi connectivity index (χ1n) is 7.53. The second kappa shape index (κ2) is 7.48. The summed E-state index contributed by atoms with van der Waals surface area (Å²) in [7, 11) is -0.644. The zero-order valence-electron chi connectivity index (χ0n) is 13.8. The molecule has 0 amide bonds. The van der Waals surface area contributed by atoms with Crippen molar-refractivity contribution in [1.29, 1.82) is 0 Å². The van der Waals surface area contributed by atoms with Crippen LogP contribution in [0.2, 0.25) is 0 Å². The van der Waals surface area contributed by atoms with Crippen LogP contribution < -0.4 is 14.4 Å². The van der Waals surface area contributed by atoms with E-state index in [9.17, 15) is 8.42 Å². The second-order valence-corrected chi connectivity index (χ2v) is 8.98. The third-order valence-electron chi connectivity index (χ3n) is 3.98. The number of anilines is 1. The Kier molecular flexibility index (Phi) is 5.52. The molecule has 25 heavy (non-hydrogen) atoms. The van der Waals surface area contributed by atoms with Gasteiger partial charge in [0, 0.05) is 48.3 Å². The Hall–Kier alpha value is -1.36. The number of thiazole rings is 1. The Bertz CT molecular complexity index is 835. The van der Waals surface area contributed by atoms with Crippen molar-refractivity contribution >= 4 is 42.4 Å². The summed E-state index contributed by atoms with van der Waals surface area (Å²) in [6.45, 7) is 2.03. The van der Waals surface area contributed by atoms with Crippen molar-refractivity contribution in [1.82, 2.24) is 9.29 Å². The van der Waals surface area contributed by atoms with E-state index in [2.05, 4.69) is 25.8 Å². The molecule has 0 bridgehead atoms. The van der Waals surface area contributed by atoms with E-state index in [1.54, 1.807) is 23.6 Å². The number of aromatic nitrogens is 1. The van der Waals surface area contributed by atoms with Crippen LogP contribution in [-0.4, -0.2) is 58.1 Å². The van der Waals surface area contributed by atoms with Crippen molar-refractivity contribution in [3.05, 3.63) is 28.2 Å². The fourth-order valence-corrected chi connectivity index (χ4v) is 5.78. The Morgan fingerprint density at radius 1 is 1.12 bits per heavy atom. The lowest BCUT2D eigenvalue weighted by atomic mass is 10.3. The first-order valence-corrected chi connectivity index (χ1v) is 10.6. The van der Waals surface area contributed by atoms with Gasteiger partial charge in [0.15, 0.2) is 16.6 Å². The van der Waals surface area contributed by atoms with Crippen molar-refractivity contribution in [3.63, 3.8) is 0 Å². The summed E-state index contributed by atoms with van der Waals surface area (Å²) in [6.07, 6.45) is 1.75. The van der Waals surface area contributed by atoms with Crippen LogP contribution in [0.25, 0.3) is 0 Å². The van der Waals surface area contributed by atoms with Gasteiger partial charge < -0.3 is 14.4 Å². The van der Waals surface area contributed by atoms with Crippen LogP contribution in [0.5, 0.6) is 11.5 Å². The van der Waals surface area contributed by atoms with Crippen molar-refractivity contribution < 1.29 is 17.9 Å². The standard InChI is InChI=1S/C15H18BrN3O4S2/c1-22-12-9-11(16)14(10-13(12)23-2)25(20,21)19-6-4-18(5-7-19)15-17-3-8-24-15/h3,8-10H,4-7H2,1-2H3. The minimum absolute atomic E-state index is 0.174. The number of sulfonamides is 1. The van der Waals surface area contributed by atoms with Crippen molar-refractivity contribution in [2.24, 2.45) is 0 Å². The number of methoxy groups -OCH3 is 2. The topological polar surface area (TPSA) is 72.0 Å². The molecule has 136 valence electrons. The Morgan fingerprint density at radius 3 is 2.32 bits per heavy atom. The number of piperazine rings is 1. The largest absolute Gasteiger partial charge is 0.493 e. The molecule has 1 saturated heterocycles. The van der Waals surface area contributed by atoms with Crippen molar-refractivity contribution in [2.75, 3.05) is 45.3 Å². The predicted octanol–water partition coefficient (Wildman–Crippen LogP) is 2.43. The van der Waals surface area contributed by atoms with Gasteiger partial charge in [-0.15, -0.1) is 11.3 Å². The number of benzene rings is 1. The molecular weight excluding hydrogens is 430 g/mol. The van der Waals surface area contributed by atoms with Gasteiger partial charge in [0.2, 0.25) is 10.0 Å². The monoisotopic (exact) mass is 447 g/mol. The molecule has 1 aliphatic rings. The highest BCUT2D eigenvalue weighted by Crippen LogP contribution is 2.37. The number of hydrogen-bond donors (Lipinski definition) is 0. The number of halogens is 1. The van der Waals surface area contributed by atoms with Crippen LogP contribution >= 0.6 is 27.3 Å². The molecule has 10 heteroatoms. The third-order valence-corrected chi connectivity index (χ3v) is 7.67. The number of rotatable bonds is 5. The van der Waals surface area contributed by atoms with Gasteiger partial charge in [-0.25, -0.2) is 13.4 Å². The molecular formula is C15H18BrN3O4S2. The van der Waals surface area contributed by atoms with E-state index in [4.69, 9.17) is 9.47 Å². The van der Waals surface area contributed by atoms with Crippen LogP contribution in [0.4, 0.5) is 5.13 Å². The molecule has 0 radical (unpaired) electrons. The third kappa shape index (κ3) is 3.62. The van der Waals surface area contributed by atoms with E-state index < -0.39 is 10.0 Å². The number of hydrogen-bond acceptors (Lipinski definition) is 7. The molecule has 7 nitrogen and oxygen atoms in total. The first-order chi connectivity index (χ1) is 12.0. The van der Waals surface area contributed by atoms with Gasteiger partial charge in [0.25, 0.3) is 0 Å². The van der Waals surface area contributed by atoms with Gasteiger partial charge in [-0.2, -0.15) is 4.31 Å². The number of nitrogens with zero attached hydrogens (tertiary/aromatic N) is 3. The summed E-state index contributed by atoms with van der Waals surface area (Å²) >= 11 is 4.89. The maximum atomic E-state index is 13.0. The predicted molar refractivity (Wildman–Crippen MR) is 100 cm³/mol. The highest BCUT2D eigenvalue weighted by Gasteiger charge is 2.31. The Labute approximate surface area is 159 Å². The highest BCUT2D eigenvalue weighted by molar-refractivity contribution is 9.10. The minimum Gasteiger partial charge on any atom is -0.493 e. The lowest BCUT2D eigenvalue weighted by Gasteiger charge is -2.34. The van der Waals surface area contributed by atoms with Crippen LogP contribution in [0.1, 0.15) is 0 Å². The fourth-order valence-electron chi connectivity index (χ4n) is 2.66. The molecule has 1 fully saturated rings. The minimum atomic E-state index is -3.64. The molecule has 2 heterocycles. The molecule has 0 atom stereocenters. The molecule has 1 aliphatic heterocycles. The maximum Gasteiger partial charge on any atom is 0.244 e. The van der Waals surface area contributed by atoms with E-state index in [-0.39, 0.29) is 4.90 Å². The van der Waals surface area contributed by atoms with Crippen molar-refractivity contribution in [2.45, 2.75) is 4.90 Å². The van der Waals surface area contributed by atoms with Gasteiger partial charge in [0.1, 0.15) is 4.90 Å². The quantitative estimate of drug-likeness (QED) is 0.700. The summed E-state index contributed by atoms with van der Waals surface area (Å²) in [6, 6.07) is 3.10. The molecule has 2 aromatic rings. The van der Waals surface area contributed by atoms with Gasteiger partial charge in [-0.3, -0.25) is 0 Å². The van der Waals surface area contributed by atoms with E-state index >= 15 is 0 Å². The lowest BCUT2D eigenvalue weighted by molar-refractivity contribution is 0.352. The molecule has 0 N–H and O–H groups in total. The van der Waals surface area contributed by atoms with Crippen LogP contribution in [-0.2, 0) is 10.0 Å². The summed E-state index contributed by atoms with van der Waals surface area (Å²) in [5.74, 6) is 0.854. The molecule has 0 saturated carbocycles. The average Bonchev–Trinajstić information content (AvgIpc) is 3.16. The van der Waals surface area contributed by atoms with Gasteiger partial charge in [-0.1, -0.05) is 0 Å². The van der Waals surface area contributed by atoms with Gasteiger partial charge in [-0.05, 0) is 22.0 Å². The van der Waals surface area contributed by atoms with Crippen LogP contribution in [0.15, 0.2) is 33.1 Å². The smallest absolute Gasteiger partial charge is 0.244 e. The lowest BCUT2D eigenvalue weighted by Crippen LogP contribution is -2.48. The molecule has 3 rings (SSSR count). The van der Waals surface area contributed by atoms with Crippen molar-refractivity contribution in [3.8, 4) is 11.5 Å². The molecule has 0 aliphatic carbocycles. The average molecular weight is 448 g/mol. The van der Waals surface area contributed by atoms with Crippen LogP contribution in [0, 0.1) is 0 Å². The van der Waals surface area contributed by atoms with E-state index in [1.807, 2.05) is 5.38 Å². The van der Waals surface area contributed by atoms with E-state index in [1.165, 1.54) is 24.6 Å². The molecule has 1 aromatic carbocycles. The summed E-state index contributed by atoms with van der Waals surface area (Å²) in [5, 5.41) is 2.84. The maximum absolute atomic E-state index is 13.0. The molecule has 0 unspecified atom stereocenters. The first kappa shape index (κ1) is 18.4. The van der Waals surface area contributed by atoms with Gasteiger partial charge >= 0.3 is 0 Å². The van der Waals surface area contributed by atoms with Gasteiger partial charge in [0.05, 0.1) is 14.2 Å². The van der Waals surface area contributed by atoms with E-state index in [0.717, 1.165) is 5.13 Å². The zero-order chi connectivity index (χ0) is 18.0. The summed E-state index contributed by atoms with van der Waals surface area (Å²) in [4.78, 5) is 6.55. The Morgan fingerprint density at radius 2 is 1.76 bits per heavy atom. The highest BCUT2D eigenvalue weighted by atomic mass is 79.9. The fraction of sp³-hybridized carbons (Fsp3) is 0.400. The van der Waals surface area contributed by atoms with E-state index in [0.29, 0.717) is 42.2 Å². The second-order valence-electron chi connectivity index (χ2n) is 5.34. The summed E-state index contributed by atoms with van der Waals surface area (Å²) < 4.78 is 38.5. The summed E-state index contributed by atoms with van der Waals surface area (Å²) in [5.41, 5.74) is 0. The molecule has 0 spiro atoms. The van der Waals surface area contributed by atoms with Crippen LogP contribution in [0.3, 0.4) is 0 Å². The molecule has 1 aromatic heterocycles. The normalized spacial score (nSPS) is 16.0. The number of ether oxygens (including phenoxy) is 2.